The lowest BCUT2D eigenvalue weighted by Crippen LogP contribution is -1.73. The van der Waals surface area contributed by atoms with Crippen LogP contribution in [0.25, 0.3) is 0 Å². The number of hydrogen-bond donors (Lipinski definition) is 0. The molecule has 12 heavy (non-hydrogen) atoms. The molecule has 3 heteroatoms. The zero-order chi connectivity index (χ0) is 8.81. The Hall–Kier alpha value is -0.120. The molecule has 2 unspecified atom stereocenters. The summed E-state index contributed by atoms with van der Waals surface area (Å²) < 4.78 is 14.1. The van der Waals surface area contributed by atoms with E-state index < -0.39 is 0 Å². The first-order chi connectivity index (χ1) is 5.83. The van der Waals surface area contributed by atoms with Crippen molar-refractivity contribution in [1.29, 1.82) is 0 Å². The summed E-state index contributed by atoms with van der Waals surface area (Å²) in [5.41, 5.74) is 0. The lowest BCUT2D eigenvalue weighted by atomic mass is 10.4. The fourth-order valence-electron chi connectivity index (χ4n) is 0.400. The maximum atomic E-state index is 4.86. The fourth-order valence-corrected chi connectivity index (χ4v) is 0.400. The van der Waals surface area contributed by atoms with Crippen molar-refractivity contribution in [3.63, 3.8) is 0 Å². The second kappa shape index (κ2) is 5.51. The SMILES string of the molecule is C1CO1.CC1CO1.CCC1CO1. The van der Waals surface area contributed by atoms with Crippen LogP contribution in [0.4, 0.5) is 0 Å². The van der Waals surface area contributed by atoms with E-state index in [4.69, 9.17) is 9.47 Å². The molecule has 0 radical (unpaired) electrons. The normalized spacial score (nSPS) is 33.5. The molecule has 72 valence electrons. The Labute approximate surface area is 74.0 Å². The molecule has 3 aliphatic heterocycles. The quantitative estimate of drug-likeness (QED) is 0.561. The Morgan fingerprint density at radius 1 is 1.17 bits per heavy atom. The van der Waals surface area contributed by atoms with Crippen molar-refractivity contribution in [3.8, 4) is 0 Å². The second-order valence-electron chi connectivity index (χ2n) is 3.12. The van der Waals surface area contributed by atoms with Crippen molar-refractivity contribution in [2.24, 2.45) is 0 Å². The van der Waals surface area contributed by atoms with E-state index in [2.05, 4.69) is 18.6 Å². The Morgan fingerprint density at radius 3 is 1.58 bits per heavy atom. The minimum absolute atomic E-state index is 0.583. The molecular weight excluding hydrogens is 156 g/mol. The summed E-state index contributed by atoms with van der Waals surface area (Å²) >= 11 is 0. The fraction of sp³-hybridized carbons (Fsp3) is 1.00. The van der Waals surface area contributed by atoms with Gasteiger partial charge in [-0.1, -0.05) is 6.92 Å². The van der Waals surface area contributed by atoms with Crippen molar-refractivity contribution in [2.45, 2.75) is 32.5 Å². The molecule has 0 saturated carbocycles. The van der Waals surface area contributed by atoms with Crippen molar-refractivity contribution in [1.82, 2.24) is 0 Å². The van der Waals surface area contributed by atoms with Crippen LogP contribution in [-0.4, -0.2) is 38.6 Å². The highest BCUT2D eigenvalue weighted by atomic mass is 16.6. The third-order valence-corrected chi connectivity index (χ3v) is 1.56. The molecular formula is C9H18O3. The molecule has 3 saturated heterocycles. The molecule has 3 rings (SSSR count). The third kappa shape index (κ3) is 9.88. The molecule has 0 aromatic rings. The summed E-state index contributed by atoms with van der Waals surface area (Å²) in [4.78, 5) is 0. The highest BCUT2D eigenvalue weighted by Gasteiger charge is 2.18. The van der Waals surface area contributed by atoms with E-state index in [1.807, 2.05) is 0 Å². The van der Waals surface area contributed by atoms with Crippen LogP contribution in [0.5, 0.6) is 0 Å². The van der Waals surface area contributed by atoms with Crippen LogP contribution in [0.15, 0.2) is 0 Å². The van der Waals surface area contributed by atoms with Gasteiger partial charge in [-0.2, -0.15) is 0 Å². The molecule has 3 nitrogen and oxygen atoms in total. The van der Waals surface area contributed by atoms with E-state index in [-0.39, 0.29) is 0 Å². The van der Waals surface area contributed by atoms with Crippen molar-refractivity contribution >= 4 is 0 Å². The maximum absolute atomic E-state index is 4.86. The van der Waals surface area contributed by atoms with Gasteiger partial charge in [0, 0.05) is 0 Å². The topological polar surface area (TPSA) is 37.6 Å². The van der Waals surface area contributed by atoms with Gasteiger partial charge < -0.3 is 14.2 Å². The zero-order valence-corrected chi connectivity index (χ0v) is 7.91. The Morgan fingerprint density at radius 2 is 1.58 bits per heavy atom. The monoisotopic (exact) mass is 174 g/mol. The zero-order valence-electron chi connectivity index (χ0n) is 7.91. The van der Waals surface area contributed by atoms with Gasteiger partial charge in [-0.3, -0.25) is 0 Å². The molecule has 0 spiro atoms. The molecule has 0 amide bonds. The van der Waals surface area contributed by atoms with E-state index in [0.29, 0.717) is 12.2 Å². The average molecular weight is 174 g/mol. The van der Waals surface area contributed by atoms with Crippen LogP contribution in [0.2, 0.25) is 0 Å². The van der Waals surface area contributed by atoms with Crippen LogP contribution in [0.1, 0.15) is 20.3 Å². The number of rotatable bonds is 1. The van der Waals surface area contributed by atoms with E-state index in [1.165, 1.54) is 6.42 Å². The van der Waals surface area contributed by atoms with Gasteiger partial charge in [0.25, 0.3) is 0 Å². The highest BCUT2D eigenvalue weighted by molar-refractivity contribution is 4.64. The average Bonchev–Trinajstić information content (AvgIpc) is 2.86. The van der Waals surface area contributed by atoms with Crippen LogP contribution in [-0.2, 0) is 14.2 Å². The van der Waals surface area contributed by atoms with Gasteiger partial charge in [0.2, 0.25) is 0 Å². The predicted octanol–water partition coefficient (Wildman–Crippen LogP) is 1.22. The molecule has 0 aromatic carbocycles. The molecule has 0 bridgehead atoms. The van der Waals surface area contributed by atoms with E-state index in [1.54, 1.807) is 0 Å². The van der Waals surface area contributed by atoms with Crippen molar-refractivity contribution in [2.75, 3.05) is 26.4 Å². The third-order valence-electron chi connectivity index (χ3n) is 1.56. The molecule has 0 aromatic heterocycles. The molecule has 3 heterocycles. The van der Waals surface area contributed by atoms with E-state index in [9.17, 15) is 0 Å². The van der Waals surface area contributed by atoms with Crippen molar-refractivity contribution < 1.29 is 14.2 Å². The van der Waals surface area contributed by atoms with Crippen LogP contribution in [0, 0.1) is 0 Å². The maximum Gasteiger partial charge on any atom is 0.0807 e. The standard InChI is InChI=1S/C4H8O.C3H6O.C2H4O/c1-2-4-3-5-4;1-3-2-4-3;1-2-3-1/h4H,2-3H2,1H3;3H,2H2,1H3;1-2H2. The van der Waals surface area contributed by atoms with Gasteiger partial charge in [-0.05, 0) is 13.3 Å². The van der Waals surface area contributed by atoms with Gasteiger partial charge in [0.05, 0.1) is 38.6 Å². The highest BCUT2D eigenvalue weighted by Crippen LogP contribution is 2.10. The van der Waals surface area contributed by atoms with Gasteiger partial charge in [0.1, 0.15) is 0 Å². The number of epoxide rings is 3. The van der Waals surface area contributed by atoms with Gasteiger partial charge in [0.15, 0.2) is 0 Å². The van der Waals surface area contributed by atoms with Gasteiger partial charge in [-0.15, -0.1) is 0 Å². The smallest absolute Gasteiger partial charge is 0.0807 e. The van der Waals surface area contributed by atoms with E-state index in [0.717, 1.165) is 26.4 Å². The van der Waals surface area contributed by atoms with E-state index >= 15 is 0 Å². The first kappa shape index (κ1) is 9.96. The van der Waals surface area contributed by atoms with Crippen LogP contribution in [0.3, 0.4) is 0 Å². The van der Waals surface area contributed by atoms with Crippen molar-refractivity contribution in [3.05, 3.63) is 0 Å². The summed E-state index contributed by atoms with van der Waals surface area (Å²) in [6, 6.07) is 0. The van der Waals surface area contributed by atoms with Crippen LogP contribution < -0.4 is 0 Å². The molecule has 0 aliphatic carbocycles. The summed E-state index contributed by atoms with van der Waals surface area (Å²) in [7, 11) is 0. The Kier molecular flexibility index (Phi) is 4.58. The molecule has 0 N–H and O–H groups in total. The van der Waals surface area contributed by atoms with Gasteiger partial charge in [-0.25, -0.2) is 0 Å². The van der Waals surface area contributed by atoms with Crippen LogP contribution >= 0.6 is 0 Å². The first-order valence-electron chi connectivity index (χ1n) is 4.64. The lowest BCUT2D eigenvalue weighted by Gasteiger charge is -1.69. The Bertz CT molecular complexity index is 104. The Balaban J connectivity index is 0.0000000929. The summed E-state index contributed by atoms with van der Waals surface area (Å²) in [5.74, 6) is 0. The number of ether oxygens (including phenoxy) is 3. The summed E-state index contributed by atoms with van der Waals surface area (Å²) in [6.45, 7) is 8.19. The lowest BCUT2D eigenvalue weighted by molar-refractivity contribution is 0.403. The first-order valence-corrected chi connectivity index (χ1v) is 4.64. The minimum atomic E-state index is 0.583. The second-order valence-corrected chi connectivity index (χ2v) is 3.12. The summed E-state index contributed by atoms with van der Waals surface area (Å²) in [5, 5.41) is 0. The number of hydrogen-bond acceptors (Lipinski definition) is 3. The van der Waals surface area contributed by atoms with Gasteiger partial charge >= 0.3 is 0 Å². The molecule has 3 fully saturated rings. The molecule has 3 aliphatic rings. The predicted molar refractivity (Wildman–Crippen MR) is 46.3 cm³/mol. The molecule has 2 atom stereocenters. The summed E-state index contributed by atoms with van der Waals surface area (Å²) in [6.07, 6.45) is 2.41. The largest absolute Gasteiger partial charge is 0.377 e. The minimum Gasteiger partial charge on any atom is -0.377 e.